The minimum Gasteiger partial charge on any atom is -0.293 e. The van der Waals surface area contributed by atoms with Crippen LogP contribution in [0.2, 0.25) is 0 Å². The molecule has 0 unspecified atom stereocenters. The number of rotatable bonds is 5. The third kappa shape index (κ3) is 3.51. The molecule has 0 saturated carbocycles. The van der Waals surface area contributed by atoms with Gasteiger partial charge in [-0.25, -0.2) is 0 Å². The first-order valence-corrected chi connectivity index (χ1v) is 9.90. The van der Waals surface area contributed by atoms with E-state index in [9.17, 15) is 4.79 Å². The molecule has 4 aromatic rings. The quantitative estimate of drug-likeness (QED) is 0.298. The van der Waals surface area contributed by atoms with Crippen molar-refractivity contribution in [1.29, 1.82) is 0 Å². The first-order valence-electron chi connectivity index (χ1n) is 9.27. The lowest BCUT2D eigenvalue weighted by Crippen LogP contribution is -2.05. The van der Waals surface area contributed by atoms with E-state index in [-0.39, 0.29) is 11.5 Å². The van der Waals surface area contributed by atoms with Crippen molar-refractivity contribution in [3.05, 3.63) is 109 Å². The molecule has 0 radical (unpaired) electrons. The molecule has 2 heteroatoms. The Morgan fingerprint density at radius 2 is 1.04 bits per heavy atom. The second-order valence-corrected chi connectivity index (χ2v) is 6.91. The molecule has 0 N–H and O–H groups in total. The molecule has 4 aromatic carbocycles. The van der Waals surface area contributed by atoms with Gasteiger partial charge in [-0.15, -0.1) is 0 Å². The van der Waals surface area contributed by atoms with Gasteiger partial charge in [0.15, 0.2) is 5.78 Å². The van der Waals surface area contributed by atoms with Crippen molar-refractivity contribution < 1.29 is 4.79 Å². The zero-order valence-corrected chi connectivity index (χ0v) is 16.3. The van der Waals surface area contributed by atoms with Gasteiger partial charge >= 0.3 is 0 Å². The van der Waals surface area contributed by atoms with Crippen molar-refractivity contribution in [1.82, 2.24) is 0 Å². The lowest BCUT2D eigenvalue weighted by molar-refractivity contribution is 0.102. The van der Waals surface area contributed by atoms with E-state index in [0.717, 1.165) is 33.4 Å². The normalized spacial score (nSPS) is 10.6. The van der Waals surface area contributed by atoms with E-state index >= 15 is 0 Å². The van der Waals surface area contributed by atoms with Crippen molar-refractivity contribution in [3.8, 4) is 33.4 Å². The largest absolute Gasteiger partial charge is 0.293 e. The summed E-state index contributed by atoms with van der Waals surface area (Å²) in [7, 11) is 0. The first-order chi connectivity index (χ1) is 13.8. The first kappa shape index (κ1) is 18.3. The maximum absolute atomic E-state index is 12.8. The van der Waals surface area contributed by atoms with Crippen LogP contribution in [0.5, 0.6) is 0 Å². The van der Waals surface area contributed by atoms with Crippen LogP contribution in [0, 0.1) is 0 Å². The van der Waals surface area contributed by atoms with Crippen LogP contribution >= 0.6 is 12.6 Å². The maximum atomic E-state index is 12.8. The molecular weight excluding hydrogens is 360 g/mol. The zero-order chi connectivity index (χ0) is 19.3. The summed E-state index contributed by atoms with van der Waals surface area (Å²) in [5, 5.41) is 0. The lowest BCUT2D eigenvalue weighted by Gasteiger charge is -2.19. The molecule has 0 spiro atoms. The number of carbonyl (C=O) groups excluding carboxylic acids is 1. The van der Waals surface area contributed by atoms with E-state index in [1.807, 2.05) is 60.7 Å². The fourth-order valence-corrected chi connectivity index (χ4v) is 3.76. The molecule has 0 heterocycles. The maximum Gasteiger partial charge on any atom is 0.173 e. The molecule has 0 aliphatic rings. The van der Waals surface area contributed by atoms with Gasteiger partial charge in [-0.05, 0) is 27.8 Å². The number of thiol groups is 1. The number of hydrogen-bond donors (Lipinski definition) is 1. The van der Waals surface area contributed by atoms with E-state index < -0.39 is 0 Å². The molecule has 0 aliphatic carbocycles. The van der Waals surface area contributed by atoms with Crippen molar-refractivity contribution in [3.63, 3.8) is 0 Å². The Balaban J connectivity index is 2.12. The third-order valence-corrected chi connectivity index (χ3v) is 5.15. The summed E-state index contributed by atoms with van der Waals surface area (Å²) in [6.45, 7) is 0. The smallest absolute Gasteiger partial charge is 0.173 e. The number of carbonyl (C=O) groups is 1. The summed E-state index contributed by atoms with van der Waals surface area (Å²) in [5.41, 5.74) is 7.11. The van der Waals surface area contributed by atoms with Gasteiger partial charge in [0.1, 0.15) is 0 Å². The van der Waals surface area contributed by atoms with Gasteiger partial charge < -0.3 is 0 Å². The van der Waals surface area contributed by atoms with Gasteiger partial charge in [0.05, 0.1) is 5.75 Å². The molecule has 4 rings (SSSR count). The lowest BCUT2D eigenvalue weighted by atomic mass is 9.84. The molecule has 0 bridgehead atoms. The fourth-order valence-electron chi connectivity index (χ4n) is 3.59. The minimum absolute atomic E-state index is 0.0268. The molecule has 0 aliphatic heterocycles. The molecule has 0 atom stereocenters. The summed E-state index contributed by atoms with van der Waals surface area (Å²) >= 11 is 4.25. The van der Waals surface area contributed by atoms with Gasteiger partial charge in [0.2, 0.25) is 0 Å². The van der Waals surface area contributed by atoms with Crippen LogP contribution in [-0.2, 0) is 0 Å². The van der Waals surface area contributed by atoms with E-state index in [2.05, 4.69) is 55.1 Å². The summed E-state index contributed by atoms with van der Waals surface area (Å²) < 4.78 is 0. The van der Waals surface area contributed by atoms with E-state index in [4.69, 9.17) is 0 Å². The predicted octanol–water partition coefficient (Wildman–Crippen LogP) is 6.80. The number of hydrogen-bond acceptors (Lipinski definition) is 2. The van der Waals surface area contributed by atoms with Crippen molar-refractivity contribution in [2.24, 2.45) is 0 Å². The highest BCUT2D eigenvalue weighted by molar-refractivity contribution is 7.81. The van der Waals surface area contributed by atoms with Crippen LogP contribution < -0.4 is 0 Å². The van der Waals surface area contributed by atoms with Crippen LogP contribution in [0.4, 0.5) is 0 Å². The van der Waals surface area contributed by atoms with Gasteiger partial charge in [-0.1, -0.05) is 103 Å². The summed E-state index contributed by atoms with van der Waals surface area (Å²) in [6, 6.07) is 34.7. The summed E-state index contributed by atoms with van der Waals surface area (Å²) in [6.07, 6.45) is 0. The molecule has 0 fully saturated rings. The molecule has 0 aromatic heterocycles. The molecule has 0 saturated heterocycles. The second kappa shape index (κ2) is 8.28. The monoisotopic (exact) mass is 380 g/mol. The molecule has 136 valence electrons. The highest BCUT2D eigenvalue weighted by atomic mass is 32.1. The SMILES string of the molecule is O=C(CS)c1ccc(-c2ccccc2)c(-c2ccccc2)c1-c1ccccc1. The Hall–Kier alpha value is -3.10. The Morgan fingerprint density at radius 1 is 0.571 bits per heavy atom. The fraction of sp³-hybridized carbons (Fsp3) is 0.0385. The Bertz CT molecular complexity index is 1090. The number of ketones is 1. The van der Waals surface area contributed by atoms with Gasteiger partial charge in [-0.3, -0.25) is 4.79 Å². The van der Waals surface area contributed by atoms with Crippen molar-refractivity contribution in [2.75, 3.05) is 5.75 Å². The van der Waals surface area contributed by atoms with Crippen LogP contribution in [0.1, 0.15) is 10.4 Å². The summed E-state index contributed by atoms with van der Waals surface area (Å²) in [5.74, 6) is 0.206. The van der Waals surface area contributed by atoms with Gasteiger partial charge in [0.25, 0.3) is 0 Å². The zero-order valence-electron chi connectivity index (χ0n) is 15.4. The molecular formula is C26H20OS. The van der Waals surface area contributed by atoms with Crippen molar-refractivity contribution >= 4 is 18.4 Å². The van der Waals surface area contributed by atoms with Crippen LogP contribution in [0.3, 0.4) is 0 Å². The average molecular weight is 381 g/mol. The topological polar surface area (TPSA) is 17.1 Å². The van der Waals surface area contributed by atoms with Gasteiger partial charge in [0, 0.05) is 11.1 Å². The van der Waals surface area contributed by atoms with E-state index in [1.165, 1.54) is 0 Å². The van der Waals surface area contributed by atoms with E-state index in [0.29, 0.717) is 5.56 Å². The van der Waals surface area contributed by atoms with E-state index in [1.54, 1.807) is 0 Å². The highest BCUT2D eigenvalue weighted by Crippen LogP contribution is 2.42. The van der Waals surface area contributed by atoms with Crippen LogP contribution in [-0.4, -0.2) is 11.5 Å². The molecule has 0 amide bonds. The van der Waals surface area contributed by atoms with Crippen molar-refractivity contribution in [2.45, 2.75) is 0 Å². The summed E-state index contributed by atoms with van der Waals surface area (Å²) in [4.78, 5) is 12.8. The predicted molar refractivity (Wildman–Crippen MR) is 121 cm³/mol. The number of Topliss-reactive ketones (excluding diaryl/α,β-unsaturated/α-hetero) is 1. The average Bonchev–Trinajstić information content (AvgIpc) is 2.79. The van der Waals surface area contributed by atoms with Crippen LogP contribution in [0.25, 0.3) is 33.4 Å². The Labute approximate surface area is 171 Å². The standard InChI is InChI=1S/C26H20OS/c27-24(18-28)23-17-16-22(19-10-4-1-5-11-19)25(20-12-6-2-7-13-20)26(23)21-14-8-3-9-15-21/h1-17,28H,18H2. The molecule has 28 heavy (non-hydrogen) atoms. The third-order valence-electron chi connectivity index (χ3n) is 4.86. The van der Waals surface area contributed by atoms with Gasteiger partial charge in [-0.2, -0.15) is 12.6 Å². The van der Waals surface area contributed by atoms with Crippen LogP contribution in [0.15, 0.2) is 103 Å². The number of benzene rings is 4. The second-order valence-electron chi connectivity index (χ2n) is 6.59. The minimum atomic E-state index is 0.0268. The Kier molecular flexibility index (Phi) is 5.41. The highest BCUT2D eigenvalue weighted by Gasteiger charge is 2.20. The Morgan fingerprint density at radius 3 is 1.54 bits per heavy atom. The molecule has 1 nitrogen and oxygen atoms in total.